The van der Waals surface area contributed by atoms with E-state index in [2.05, 4.69) is 29.6 Å². The lowest BCUT2D eigenvalue weighted by Crippen LogP contribution is -2.21. The van der Waals surface area contributed by atoms with Crippen molar-refractivity contribution in [2.45, 2.75) is 44.6 Å². The summed E-state index contributed by atoms with van der Waals surface area (Å²) in [6.07, 6.45) is 11.8. The summed E-state index contributed by atoms with van der Waals surface area (Å²) in [6, 6.07) is 4.97. The van der Waals surface area contributed by atoms with Crippen LogP contribution in [0.15, 0.2) is 24.3 Å². The van der Waals surface area contributed by atoms with Crippen molar-refractivity contribution < 1.29 is 0 Å². The van der Waals surface area contributed by atoms with Gasteiger partial charge in [-0.05, 0) is 50.2 Å². The van der Waals surface area contributed by atoms with Crippen molar-refractivity contribution in [2.24, 2.45) is 0 Å². The van der Waals surface area contributed by atoms with Crippen molar-refractivity contribution in [2.75, 3.05) is 5.32 Å². The monoisotopic (exact) mass is 214 g/mol. The molecule has 84 valence electrons. The van der Waals surface area contributed by atoms with Gasteiger partial charge in [0, 0.05) is 11.7 Å². The molecule has 2 aliphatic rings. The Morgan fingerprint density at radius 1 is 1.19 bits per heavy atom. The van der Waals surface area contributed by atoms with Gasteiger partial charge in [-0.15, -0.1) is 0 Å². The molecule has 1 N–H and O–H groups in total. The topological polar surface area (TPSA) is 24.9 Å². The van der Waals surface area contributed by atoms with Crippen LogP contribution in [0, 0.1) is 0 Å². The predicted molar refractivity (Wildman–Crippen MR) is 66.7 cm³/mol. The zero-order valence-electron chi connectivity index (χ0n) is 9.58. The first-order valence-corrected chi connectivity index (χ1v) is 6.32. The van der Waals surface area contributed by atoms with E-state index in [-0.39, 0.29) is 0 Å². The predicted octanol–water partition coefficient (Wildman–Crippen LogP) is 3.09. The molecule has 1 atom stereocenters. The minimum absolute atomic E-state index is 0.581. The molecule has 1 heterocycles. The number of aryl methyl sites for hydroxylation is 2. The summed E-state index contributed by atoms with van der Waals surface area (Å²) in [6.45, 7) is 0. The first kappa shape index (κ1) is 9.88. The fourth-order valence-corrected chi connectivity index (χ4v) is 2.63. The number of hydrogen-bond acceptors (Lipinski definition) is 2. The Hall–Kier alpha value is -1.31. The van der Waals surface area contributed by atoms with Gasteiger partial charge in [0.05, 0.1) is 0 Å². The van der Waals surface area contributed by atoms with Crippen LogP contribution in [0.2, 0.25) is 0 Å². The van der Waals surface area contributed by atoms with E-state index < -0.39 is 0 Å². The number of allylic oxidation sites excluding steroid dienone is 1. The van der Waals surface area contributed by atoms with Crippen molar-refractivity contribution >= 4 is 5.82 Å². The Labute approximate surface area is 96.8 Å². The molecule has 0 fully saturated rings. The molecule has 2 nitrogen and oxygen atoms in total. The Kier molecular flexibility index (Phi) is 2.65. The Bertz CT molecular complexity index is 409. The van der Waals surface area contributed by atoms with Gasteiger partial charge >= 0.3 is 0 Å². The fourth-order valence-electron chi connectivity index (χ4n) is 2.63. The number of nitrogens with one attached hydrogen (secondary N) is 1. The van der Waals surface area contributed by atoms with Crippen LogP contribution >= 0.6 is 0 Å². The van der Waals surface area contributed by atoms with Gasteiger partial charge < -0.3 is 5.32 Å². The molecule has 0 aromatic carbocycles. The zero-order chi connectivity index (χ0) is 10.8. The smallest absolute Gasteiger partial charge is 0.126 e. The highest BCUT2D eigenvalue weighted by Gasteiger charge is 2.14. The van der Waals surface area contributed by atoms with Crippen LogP contribution in [-0.2, 0) is 12.8 Å². The van der Waals surface area contributed by atoms with Crippen LogP contribution in [0.5, 0.6) is 0 Å². The highest BCUT2D eigenvalue weighted by molar-refractivity contribution is 5.41. The minimum atomic E-state index is 0.581. The molecule has 0 spiro atoms. The molecule has 16 heavy (non-hydrogen) atoms. The molecule has 2 aliphatic carbocycles. The third-order valence-corrected chi connectivity index (χ3v) is 3.55. The average Bonchev–Trinajstić information content (AvgIpc) is 2.77. The normalized spacial score (nSPS) is 23.1. The van der Waals surface area contributed by atoms with Gasteiger partial charge in [0.2, 0.25) is 0 Å². The van der Waals surface area contributed by atoms with Gasteiger partial charge in [0.1, 0.15) is 5.82 Å². The number of rotatable bonds is 2. The molecule has 1 aromatic rings. The number of hydrogen-bond donors (Lipinski definition) is 1. The lowest BCUT2D eigenvalue weighted by molar-refractivity contribution is 0.641. The molecule has 0 bridgehead atoms. The summed E-state index contributed by atoms with van der Waals surface area (Å²) in [5.74, 6) is 1.07. The first-order chi connectivity index (χ1) is 7.92. The van der Waals surface area contributed by atoms with Crippen LogP contribution in [0.4, 0.5) is 5.82 Å². The number of aromatic nitrogens is 1. The maximum absolute atomic E-state index is 4.71. The average molecular weight is 214 g/mol. The lowest BCUT2D eigenvalue weighted by Gasteiger charge is -2.20. The van der Waals surface area contributed by atoms with Crippen LogP contribution in [0.1, 0.15) is 36.9 Å². The third-order valence-electron chi connectivity index (χ3n) is 3.55. The second-order valence-electron chi connectivity index (χ2n) is 4.78. The molecular weight excluding hydrogens is 196 g/mol. The van der Waals surface area contributed by atoms with E-state index >= 15 is 0 Å². The molecule has 3 rings (SSSR count). The molecule has 2 heteroatoms. The summed E-state index contributed by atoms with van der Waals surface area (Å²) in [7, 11) is 0. The maximum Gasteiger partial charge on any atom is 0.126 e. The third kappa shape index (κ3) is 1.97. The van der Waals surface area contributed by atoms with E-state index in [0.717, 1.165) is 18.7 Å². The zero-order valence-corrected chi connectivity index (χ0v) is 9.58. The van der Waals surface area contributed by atoms with Crippen molar-refractivity contribution in [1.82, 2.24) is 4.98 Å². The van der Waals surface area contributed by atoms with Crippen LogP contribution in [0.3, 0.4) is 0 Å². The summed E-state index contributed by atoms with van der Waals surface area (Å²) < 4.78 is 0. The van der Waals surface area contributed by atoms with E-state index in [1.165, 1.54) is 36.9 Å². The van der Waals surface area contributed by atoms with Crippen molar-refractivity contribution in [3.63, 3.8) is 0 Å². The second kappa shape index (κ2) is 4.28. The molecule has 0 saturated heterocycles. The van der Waals surface area contributed by atoms with Crippen molar-refractivity contribution in [1.29, 1.82) is 0 Å². The molecule has 0 aliphatic heterocycles. The SMILES string of the molecule is C1=CCC(Nc2ccc3c(n2)CCC3)CC1. The number of fused-ring (bicyclic) bond motifs is 1. The van der Waals surface area contributed by atoms with E-state index in [1.807, 2.05) is 0 Å². The maximum atomic E-state index is 4.71. The molecule has 1 aromatic heterocycles. The van der Waals surface area contributed by atoms with E-state index in [9.17, 15) is 0 Å². The van der Waals surface area contributed by atoms with Gasteiger partial charge in [-0.2, -0.15) is 0 Å². The summed E-state index contributed by atoms with van der Waals surface area (Å²) in [5.41, 5.74) is 2.77. The molecule has 0 saturated carbocycles. The number of nitrogens with zero attached hydrogens (tertiary/aromatic N) is 1. The second-order valence-corrected chi connectivity index (χ2v) is 4.78. The van der Waals surface area contributed by atoms with E-state index in [1.54, 1.807) is 0 Å². The number of pyridine rings is 1. The standard InChI is InChI=1S/C14H18N2/c1-2-6-12(7-3-1)15-14-10-9-11-5-4-8-13(11)16-14/h1-2,9-10,12H,3-8H2,(H,15,16). The van der Waals surface area contributed by atoms with Crippen LogP contribution in [-0.4, -0.2) is 11.0 Å². The Balaban J connectivity index is 1.72. The van der Waals surface area contributed by atoms with Gasteiger partial charge in [0.15, 0.2) is 0 Å². The van der Waals surface area contributed by atoms with Gasteiger partial charge in [-0.25, -0.2) is 4.98 Å². The molecular formula is C14H18N2. The van der Waals surface area contributed by atoms with Crippen LogP contribution in [0.25, 0.3) is 0 Å². The highest BCUT2D eigenvalue weighted by atomic mass is 15.0. The molecule has 0 amide bonds. The quantitative estimate of drug-likeness (QED) is 0.765. The first-order valence-electron chi connectivity index (χ1n) is 6.32. The summed E-state index contributed by atoms with van der Waals surface area (Å²) >= 11 is 0. The fraction of sp³-hybridized carbons (Fsp3) is 0.500. The minimum Gasteiger partial charge on any atom is -0.367 e. The van der Waals surface area contributed by atoms with Crippen molar-refractivity contribution in [3.05, 3.63) is 35.5 Å². The summed E-state index contributed by atoms with van der Waals surface area (Å²) in [4.78, 5) is 4.71. The Morgan fingerprint density at radius 2 is 2.19 bits per heavy atom. The van der Waals surface area contributed by atoms with Gasteiger partial charge in [-0.1, -0.05) is 18.2 Å². The highest BCUT2D eigenvalue weighted by Crippen LogP contribution is 2.23. The largest absolute Gasteiger partial charge is 0.367 e. The van der Waals surface area contributed by atoms with Gasteiger partial charge in [0.25, 0.3) is 0 Å². The molecule has 1 unspecified atom stereocenters. The number of anilines is 1. The van der Waals surface area contributed by atoms with E-state index in [4.69, 9.17) is 4.98 Å². The molecule has 0 radical (unpaired) electrons. The van der Waals surface area contributed by atoms with Crippen LogP contribution < -0.4 is 5.32 Å². The van der Waals surface area contributed by atoms with Gasteiger partial charge in [-0.3, -0.25) is 0 Å². The Morgan fingerprint density at radius 3 is 3.06 bits per heavy atom. The van der Waals surface area contributed by atoms with Crippen molar-refractivity contribution in [3.8, 4) is 0 Å². The summed E-state index contributed by atoms with van der Waals surface area (Å²) in [5, 5.41) is 3.55. The lowest BCUT2D eigenvalue weighted by atomic mass is 10.0. The van der Waals surface area contributed by atoms with E-state index in [0.29, 0.717) is 6.04 Å².